The van der Waals surface area contributed by atoms with E-state index in [1.165, 1.54) is 39.9 Å². The van der Waals surface area contributed by atoms with Gasteiger partial charge in [-0.25, -0.2) is 4.98 Å². The Morgan fingerprint density at radius 2 is 2.35 bits per heavy atom. The van der Waals surface area contributed by atoms with Gasteiger partial charge in [0.1, 0.15) is 17.5 Å². The van der Waals surface area contributed by atoms with Crippen LogP contribution in [0.2, 0.25) is 0 Å². The molecule has 4 aromatic heterocycles. The molecular formula is C13H12N6S. The number of aryl methyl sites for hydroxylation is 1. The first-order chi connectivity index (χ1) is 9.84. The van der Waals surface area contributed by atoms with E-state index in [-0.39, 0.29) is 0 Å². The van der Waals surface area contributed by atoms with Crippen LogP contribution in [-0.2, 0) is 6.42 Å². The lowest BCUT2D eigenvalue weighted by Crippen LogP contribution is -2.05. The molecule has 1 unspecified atom stereocenters. The first-order valence-electron chi connectivity index (χ1n) is 6.81. The summed E-state index contributed by atoms with van der Waals surface area (Å²) in [4.78, 5) is 7.16. The largest absolute Gasteiger partial charge is 0.259 e. The summed E-state index contributed by atoms with van der Waals surface area (Å²) in [6.07, 6.45) is 7.06. The number of rotatable bonds is 0. The molecule has 0 saturated carbocycles. The van der Waals surface area contributed by atoms with E-state index in [2.05, 4.69) is 27.2 Å². The molecule has 0 aliphatic heterocycles. The van der Waals surface area contributed by atoms with Crippen molar-refractivity contribution in [1.82, 2.24) is 29.2 Å². The van der Waals surface area contributed by atoms with Crippen LogP contribution in [-0.4, -0.2) is 29.2 Å². The predicted molar refractivity (Wildman–Crippen MR) is 76.3 cm³/mol. The average Bonchev–Trinajstić information content (AvgIpc) is 3.15. The summed E-state index contributed by atoms with van der Waals surface area (Å²) in [7, 11) is 0. The Balaban J connectivity index is 2.12. The van der Waals surface area contributed by atoms with E-state index >= 15 is 0 Å². The lowest BCUT2D eigenvalue weighted by atomic mass is 9.87. The molecule has 0 bridgehead atoms. The Bertz CT molecular complexity index is 962. The summed E-state index contributed by atoms with van der Waals surface area (Å²) >= 11 is 1.86. The van der Waals surface area contributed by atoms with E-state index in [9.17, 15) is 0 Å². The molecule has 0 fully saturated rings. The molecule has 100 valence electrons. The third kappa shape index (κ3) is 1.14. The molecule has 4 aromatic rings. The average molecular weight is 284 g/mol. The first kappa shape index (κ1) is 10.7. The molecule has 5 rings (SSSR count). The van der Waals surface area contributed by atoms with Gasteiger partial charge in [-0.05, 0) is 30.7 Å². The molecule has 7 heteroatoms. The van der Waals surface area contributed by atoms with E-state index in [4.69, 9.17) is 0 Å². The molecule has 0 aromatic carbocycles. The third-order valence-electron chi connectivity index (χ3n) is 4.25. The number of nitrogens with zero attached hydrogens (tertiary/aromatic N) is 6. The van der Waals surface area contributed by atoms with Crippen molar-refractivity contribution in [3.8, 4) is 0 Å². The lowest BCUT2D eigenvalue weighted by molar-refractivity contribution is 0.602. The Morgan fingerprint density at radius 1 is 1.40 bits per heavy atom. The summed E-state index contributed by atoms with van der Waals surface area (Å²) in [6, 6.07) is 0. The molecule has 0 amide bonds. The molecule has 4 heterocycles. The molecule has 1 aliphatic carbocycles. The maximum atomic E-state index is 4.47. The summed E-state index contributed by atoms with van der Waals surface area (Å²) in [5.41, 5.74) is 2.37. The van der Waals surface area contributed by atoms with Crippen LogP contribution < -0.4 is 0 Å². The Kier molecular flexibility index (Phi) is 1.90. The van der Waals surface area contributed by atoms with Crippen molar-refractivity contribution in [3.05, 3.63) is 23.1 Å². The van der Waals surface area contributed by atoms with Crippen LogP contribution in [0.5, 0.6) is 0 Å². The highest BCUT2D eigenvalue weighted by Gasteiger charge is 2.26. The minimum absolute atomic E-state index is 0.585. The zero-order chi connectivity index (χ0) is 13.3. The van der Waals surface area contributed by atoms with Crippen molar-refractivity contribution in [3.63, 3.8) is 0 Å². The minimum Gasteiger partial charge on any atom is -0.256 e. The topological polar surface area (TPSA) is 60.4 Å². The van der Waals surface area contributed by atoms with Crippen LogP contribution in [0.3, 0.4) is 0 Å². The molecular weight excluding hydrogens is 272 g/mol. The second-order valence-electron chi connectivity index (χ2n) is 5.41. The summed E-state index contributed by atoms with van der Waals surface area (Å²) in [5, 5.41) is 13.8. The molecule has 0 saturated heterocycles. The highest BCUT2D eigenvalue weighted by atomic mass is 32.1. The molecule has 1 aliphatic rings. The van der Waals surface area contributed by atoms with E-state index in [0.29, 0.717) is 5.92 Å². The molecule has 20 heavy (non-hydrogen) atoms. The second-order valence-corrected chi connectivity index (χ2v) is 6.49. The first-order valence-corrected chi connectivity index (χ1v) is 7.63. The van der Waals surface area contributed by atoms with Crippen LogP contribution >= 0.6 is 11.3 Å². The van der Waals surface area contributed by atoms with Crippen molar-refractivity contribution in [2.24, 2.45) is 0 Å². The fourth-order valence-corrected chi connectivity index (χ4v) is 4.78. The standard InChI is InChI=1S/C13H12N6S/c1-7-3-2-4-8-9(7)10-11-14-5-16-19(11)13-17-15-6-18(13)12(10)20-8/h5-7H,2-4H2,1H3. The van der Waals surface area contributed by atoms with Crippen LogP contribution in [0.4, 0.5) is 0 Å². The van der Waals surface area contributed by atoms with Crippen LogP contribution in [0.25, 0.3) is 21.6 Å². The van der Waals surface area contributed by atoms with E-state index in [0.717, 1.165) is 11.4 Å². The van der Waals surface area contributed by atoms with Gasteiger partial charge in [-0.2, -0.15) is 9.61 Å². The molecule has 0 radical (unpaired) electrons. The number of hydrogen-bond acceptors (Lipinski definition) is 5. The van der Waals surface area contributed by atoms with E-state index in [1.54, 1.807) is 17.2 Å². The number of hydrogen-bond donors (Lipinski definition) is 0. The van der Waals surface area contributed by atoms with Gasteiger partial charge in [-0.1, -0.05) is 6.92 Å². The fraction of sp³-hybridized carbons (Fsp3) is 0.385. The zero-order valence-electron chi connectivity index (χ0n) is 10.9. The zero-order valence-corrected chi connectivity index (χ0v) is 11.8. The molecule has 6 nitrogen and oxygen atoms in total. The minimum atomic E-state index is 0.585. The van der Waals surface area contributed by atoms with Gasteiger partial charge in [-0.15, -0.1) is 21.5 Å². The maximum absolute atomic E-state index is 4.47. The quantitative estimate of drug-likeness (QED) is 0.497. The monoisotopic (exact) mass is 284 g/mol. The van der Waals surface area contributed by atoms with Crippen LogP contribution in [0, 0.1) is 0 Å². The van der Waals surface area contributed by atoms with Gasteiger partial charge >= 0.3 is 0 Å². The highest BCUT2D eigenvalue weighted by molar-refractivity contribution is 7.19. The van der Waals surface area contributed by atoms with Crippen LogP contribution in [0.15, 0.2) is 12.7 Å². The number of thiophene rings is 1. The molecule has 0 N–H and O–H groups in total. The van der Waals surface area contributed by atoms with E-state index < -0.39 is 0 Å². The Labute approximate surface area is 118 Å². The third-order valence-corrected chi connectivity index (χ3v) is 5.51. The number of aromatic nitrogens is 6. The Morgan fingerprint density at radius 3 is 3.30 bits per heavy atom. The number of fused-ring (bicyclic) bond motifs is 8. The maximum Gasteiger partial charge on any atom is 0.259 e. The summed E-state index contributed by atoms with van der Waals surface area (Å²) < 4.78 is 3.83. The van der Waals surface area contributed by atoms with Crippen molar-refractivity contribution in [2.45, 2.75) is 32.1 Å². The normalized spacial score (nSPS) is 19.1. The van der Waals surface area contributed by atoms with Gasteiger partial charge in [-0.3, -0.25) is 4.40 Å². The van der Waals surface area contributed by atoms with Crippen molar-refractivity contribution in [2.75, 3.05) is 0 Å². The van der Waals surface area contributed by atoms with Gasteiger partial charge in [0.05, 0.1) is 5.39 Å². The van der Waals surface area contributed by atoms with Gasteiger partial charge < -0.3 is 0 Å². The van der Waals surface area contributed by atoms with Crippen molar-refractivity contribution in [1.29, 1.82) is 0 Å². The van der Waals surface area contributed by atoms with Crippen LogP contribution in [0.1, 0.15) is 36.1 Å². The van der Waals surface area contributed by atoms with E-state index in [1.807, 2.05) is 15.7 Å². The second kappa shape index (κ2) is 3.54. The highest BCUT2D eigenvalue weighted by Crippen LogP contribution is 2.43. The van der Waals surface area contributed by atoms with Crippen molar-refractivity contribution >= 4 is 33.0 Å². The summed E-state index contributed by atoms with van der Waals surface area (Å²) in [5.74, 6) is 1.32. The van der Waals surface area contributed by atoms with Gasteiger partial charge in [0.15, 0.2) is 5.65 Å². The molecule has 1 atom stereocenters. The smallest absolute Gasteiger partial charge is 0.256 e. The fourth-order valence-electron chi connectivity index (χ4n) is 3.36. The predicted octanol–water partition coefficient (Wildman–Crippen LogP) is 2.43. The molecule has 0 spiro atoms. The van der Waals surface area contributed by atoms with Gasteiger partial charge in [0.2, 0.25) is 0 Å². The van der Waals surface area contributed by atoms with Crippen molar-refractivity contribution < 1.29 is 0 Å². The van der Waals surface area contributed by atoms with Gasteiger partial charge in [0.25, 0.3) is 5.78 Å². The lowest BCUT2D eigenvalue weighted by Gasteiger charge is -2.18. The van der Waals surface area contributed by atoms with Gasteiger partial charge in [0, 0.05) is 4.88 Å². The Hall–Kier alpha value is -2.02. The SMILES string of the molecule is CC1CCCc2sc3c(c21)c1ncnn1c1nncn31. The summed E-state index contributed by atoms with van der Waals surface area (Å²) in [6.45, 7) is 2.31.